The molecule has 0 amide bonds. The Morgan fingerprint density at radius 3 is 2.55 bits per heavy atom. The van der Waals surface area contributed by atoms with Crippen molar-refractivity contribution in [2.24, 2.45) is 0 Å². The molecule has 1 saturated heterocycles. The number of rotatable bonds is 4. The van der Waals surface area contributed by atoms with E-state index in [4.69, 9.17) is 4.42 Å². The summed E-state index contributed by atoms with van der Waals surface area (Å²) in [5.74, 6) is -1.48. The van der Waals surface area contributed by atoms with Crippen molar-refractivity contribution in [1.82, 2.24) is 0 Å². The molecule has 0 radical (unpaired) electrons. The lowest BCUT2D eigenvalue weighted by atomic mass is 9.97. The Balaban J connectivity index is 1.94. The molecular formula is C24H25F3NO3+. The average Bonchev–Trinajstić information content (AvgIpc) is 2.75. The third-order valence-corrected chi connectivity index (χ3v) is 6.23. The van der Waals surface area contributed by atoms with Gasteiger partial charge in [-0.2, -0.15) is 13.2 Å². The van der Waals surface area contributed by atoms with Gasteiger partial charge >= 0.3 is 6.18 Å². The summed E-state index contributed by atoms with van der Waals surface area (Å²) in [6, 6.07) is 10.8. The number of phenolic OH excluding ortho intramolecular Hbond substituents is 1. The maximum Gasteiger partial charge on any atom is 0.450 e. The van der Waals surface area contributed by atoms with Crippen LogP contribution in [0.4, 0.5) is 13.2 Å². The Hall–Kier alpha value is -2.80. The van der Waals surface area contributed by atoms with Gasteiger partial charge in [-0.25, -0.2) is 0 Å². The van der Waals surface area contributed by atoms with Crippen molar-refractivity contribution in [3.8, 4) is 16.9 Å². The van der Waals surface area contributed by atoms with E-state index in [2.05, 4.69) is 6.92 Å². The number of phenols is 1. The Bertz CT molecular complexity index is 1140. The van der Waals surface area contributed by atoms with Gasteiger partial charge in [-0.1, -0.05) is 37.3 Å². The molecule has 0 aliphatic carbocycles. The molecular weight excluding hydrogens is 407 g/mol. The number of alkyl halides is 3. The van der Waals surface area contributed by atoms with Crippen molar-refractivity contribution in [3.05, 3.63) is 64.0 Å². The molecule has 1 fully saturated rings. The van der Waals surface area contributed by atoms with Crippen molar-refractivity contribution < 1.29 is 27.6 Å². The van der Waals surface area contributed by atoms with E-state index in [1.807, 2.05) is 0 Å². The quantitative estimate of drug-likeness (QED) is 0.637. The van der Waals surface area contributed by atoms with Gasteiger partial charge in [0, 0.05) is 0 Å². The normalized spacial score (nSPS) is 19.6. The van der Waals surface area contributed by atoms with Crippen molar-refractivity contribution in [2.75, 3.05) is 6.54 Å². The van der Waals surface area contributed by atoms with E-state index in [9.17, 15) is 23.1 Å². The van der Waals surface area contributed by atoms with E-state index in [1.165, 1.54) is 29.2 Å². The predicted molar refractivity (Wildman–Crippen MR) is 112 cm³/mol. The number of benzene rings is 2. The van der Waals surface area contributed by atoms with Crippen molar-refractivity contribution in [3.63, 3.8) is 0 Å². The lowest BCUT2D eigenvalue weighted by molar-refractivity contribution is -0.944. The number of nitrogens with one attached hydrogen (secondary N) is 1. The Labute approximate surface area is 177 Å². The molecule has 2 heterocycles. The summed E-state index contributed by atoms with van der Waals surface area (Å²) >= 11 is 0. The first-order valence-electron chi connectivity index (χ1n) is 10.6. The van der Waals surface area contributed by atoms with E-state index in [0.717, 1.165) is 32.2 Å². The zero-order chi connectivity index (χ0) is 22.2. The van der Waals surface area contributed by atoms with Gasteiger partial charge in [0.05, 0.1) is 29.1 Å². The van der Waals surface area contributed by atoms with Gasteiger partial charge in [0.1, 0.15) is 12.3 Å². The van der Waals surface area contributed by atoms with Crippen LogP contribution in [-0.2, 0) is 12.7 Å². The van der Waals surface area contributed by atoms with Crippen LogP contribution in [0.15, 0.2) is 51.7 Å². The molecule has 0 saturated carbocycles. The molecule has 2 aromatic carbocycles. The second-order valence-electron chi connectivity index (χ2n) is 8.12. The average molecular weight is 432 g/mol. The molecule has 3 aromatic rings. The van der Waals surface area contributed by atoms with Gasteiger partial charge in [0.2, 0.25) is 11.2 Å². The summed E-state index contributed by atoms with van der Waals surface area (Å²) in [6.45, 7) is 3.27. The highest BCUT2D eigenvalue weighted by Gasteiger charge is 2.40. The van der Waals surface area contributed by atoms with Crippen LogP contribution in [0.5, 0.6) is 5.75 Å². The molecule has 2 N–H and O–H groups in total. The molecule has 2 atom stereocenters. The Morgan fingerprint density at radius 2 is 1.87 bits per heavy atom. The number of halogens is 3. The highest BCUT2D eigenvalue weighted by atomic mass is 19.4. The maximum atomic E-state index is 13.9. The Kier molecular flexibility index (Phi) is 5.79. The SMILES string of the molecule is CC[C@@H]1CCCC[NH+]1Cc1c(O)ccc2c(=O)c(-c3ccccc3)c(C(F)(F)F)oc12. The second kappa shape index (κ2) is 8.38. The zero-order valence-electron chi connectivity index (χ0n) is 17.3. The number of hydrogen-bond acceptors (Lipinski definition) is 3. The van der Waals surface area contributed by atoms with Crippen LogP contribution < -0.4 is 10.3 Å². The molecule has 0 spiro atoms. The second-order valence-corrected chi connectivity index (χ2v) is 8.12. The van der Waals surface area contributed by atoms with Gasteiger partial charge in [-0.05, 0) is 43.4 Å². The minimum atomic E-state index is -4.86. The van der Waals surface area contributed by atoms with E-state index in [-0.39, 0.29) is 27.8 Å². The fourth-order valence-corrected chi connectivity index (χ4v) is 4.64. The number of hydrogen-bond donors (Lipinski definition) is 2. The van der Waals surface area contributed by atoms with E-state index < -0.39 is 22.9 Å². The van der Waals surface area contributed by atoms with Gasteiger partial charge in [0.15, 0.2) is 5.58 Å². The molecule has 31 heavy (non-hydrogen) atoms. The van der Waals surface area contributed by atoms with E-state index >= 15 is 0 Å². The summed E-state index contributed by atoms with van der Waals surface area (Å²) in [7, 11) is 0. The van der Waals surface area contributed by atoms with Gasteiger partial charge < -0.3 is 14.4 Å². The van der Waals surface area contributed by atoms with E-state index in [1.54, 1.807) is 18.2 Å². The molecule has 164 valence electrons. The zero-order valence-corrected chi connectivity index (χ0v) is 17.3. The minimum absolute atomic E-state index is 0.0455. The van der Waals surface area contributed by atoms with Crippen LogP contribution in [0.1, 0.15) is 43.9 Å². The Morgan fingerprint density at radius 1 is 1.13 bits per heavy atom. The lowest BCUT2D eigenvalue weighted by Gasteiger charge is -2.32. The molecule has 1 aliphatic rings. The number of aromatic hydroxyl groups is 1. The number of piperidine rings is 1. The van der Waals surface area contributed by atoms with Crippen molar-refractivity contribution in [1.29, 1.82) is 0 Å². The van der Waals surface area contributed by atoms with E-state index in [0.29, 0.717) is 12.6 Å². The van der Waals surface area contributed by atoms with Crippen molar-refractivity contribution in [2.45, 2.75) is 51.4 Å². The highest BCUT2D eigenvalue weighted by molar-refractivity contribution is 5.86. The van der Waals surface area contributed by atoms with Crippen LogP contribution in [-0.4, -0.2) is 17.7 Å². The molecule has 4 nitrogen and oxygen atoms in total. The molecule has 7 heteroatoms. The summed E-state index contributed by atoms with van der Waals surface area (Å²) in [5, 5.41) is 10.6. The molecule has 1 aromatic heterocycles. The number of fused-ring (bicyclic) bond motifs is 1. The van der Waals surface area contributed by atoms with Gasteiger partial charge in [-0.15, -0.1) is 0 Å². The fraction of sp³-hybridized carbons (Fsp3) is 0.375. The van der Waals surface area contributed by atoms with Crippen molar-refractivity contribution >= 4 is 11.0 Å². The minimum Gasteiger partial charge on any atom is -0.507 e. The third kappa shape index (κ3) is 4.06. The first-order chi connectivity index (χ1) is 14.8. The van der Waals surface area contributed by atoms with Crippen LogP contribution in [0.3, 0.4) is 0 Å². The molecule has 0 bridgehead atoms. The van der Waals surface area contributed by atoms with Crippen LogP contribution in [0.2, 0.25) is 0 Å². The first kappa shape index (κ1) is 21.4. The number of likely N-dealkylation sites (tertiary alicyclic amines) is 1. The molecule has 4 rings (SSSR count). The smallest absolute Gasteiger partial charge is 0.450 e. The predicted octanol–water partition coefficient (Wildman–Crippen LogP) is 4.53. The number of quaternary nitrogens is 1. The lowest BCUT2D eigenvalue weighted by Crippen LogP contribution is -3.15. The summed E-state index contributed by atoms with van der Waals surface area (Å²) in [4.78, 5) is 14.4. The monoisotopic (exact) mass is 432 g/mol. The molecule has 1 aliphatic heterocycles. The summed E-state index contributed by atoms with van der Waals surface area (Å²) in [5.41, 5.74) is -1.02. The summed E-state index contributed by atoms with van der Waals surface area (Å²) in [6.07, 6.45) is -0.736. The largest absolute Gasteiger partial charge is 0.507 e. The maximum absolute atomic E-state index is 13.9. The van der Waals surface area contributed by atoms with Gasteiger partial charge in [0.25, 0.3) is 0 Å². The topological polar surface area (TPSA) is 54.9 Å². The third-order valence-electron chi connectivity index (χ3n) is 6.23. The standard InChI is InChI=1S/C24H24F3NO3/c1-2-16-10-6-7-13-28(16)14-18-19(29)12-11-17-21(30)20(15-8-4-3-5-9-15)23(24(25,26)27)31-22(17)18/h3-5,8-9,11-12,16,29H,2,6-7,10,13-14H2,1H3/p+1/t16-/m1/s1. The van der Waals surface area contributed by atoms with Crippen LogP contribution >= 0.6 is 0 Å². The first-order valence-corrected chi connectivity index (χ1v) is 10.6. The highest BCUT2D eigenvalue weighted by Crippen LogP contribution is 2.38. The molecule has 1 unspecified atom stereocenters. The van der Waals surface area contributed by atoms with Crippen LogP contribution in [0, 0.1) is 0 Å². The van der Waals surface area contributed by atoms with Crippen LogP contribution in [0.25, 0.3) is 22.1 Å². The summed E-state index contributed by atoms with van der Waals surface area (Å²) < 4.78 is 47.3. The fourth-order valence-electron chi connectivity index (χ4n) is 4.64. The van der Waals surface area contributed by atoms with Gasteiger partial charge in [-0.3, -0.25) is 4.79 Å².